The molecule has 0 unspecified atom stereocenters. The Morgan fingerprint density at radius 1 is 1.17 bits per heavy atom. The Labute approximate surface area is 175 Å². The maximum Gasteiger partial charge on any atom is 0.276 e. The molecular formula is C22H22N2O5S. The Hall–Kier alpha value is -3.13. The molecule has 0 radical (unpaired) electrons. The van der Waals surface area contributed by atoms with E-state index in [1.807, 2.05) is 54.6 Å². The summed E-state index contributed by atoms with van der Waals surface area (Å²) in [6.07, 6.45) is 0.410. The molecule has 1 fully saturated rings. The van der Waals surface area contributed by atoms with E-state index in [0.717, 1.165) is 11.1 Å². The van der Waals surface area contributed by atoms with Gasteiger partial charge in [0.2, 0.25) is 0 Å². The molecule has 1 aliphatic rings. The van der Waals surface area contributed by atoms with Gasteiger partial charge >= 0.3 is 0 Å². The van der Waals surface area contributed by atoms with Crippen molar-refractivity contribution in [2.45, 2.75) is 19.0 Å². The minimum atomic E-state index is -3.15. The predicted molar refractivity (Wildman–Crippen MR) is 112 cm³/mol. The summed E-state index contributed by atoms with van der Waals surface area (Å²) in [6, 6.07) is 17.9. The lowest BCUT2D eigenvalue weighted by molar-refractivity contribution is 0.0670. The molecule has 0 bridgehead atoms. The molecule has 7 nitrogen and oxygen atoms in total. The molecule has 1 saturated heterocycles. The van der Waals surface area contributed by atoms with E-state index in [1.54, 1.807) is 18.1 Å². The zero-order valence-electron chi connectivity index (χ0n) is 16.5. The molecule has 8 heteroatoms. The monoisotopic (exact) mass is 426 g/mol. The van der Waals surface area contributed by atoms with Crippen molar-refractivity contribution in [2.24, 2.45) is 0 Å². The number of amides is 1. The fourth-order valence-electron chi connectivity index (χ4n) is 3.58. The molecule has 0 saturated carbocycles. The van der Waals surface area contributed by atoms with Crippen molar-refractivity contribution >= 4 is 15.7 Å². The first kappa shape index (κ1) is 20.2. The Morgan fingerprint density at radius 2 is 1.90 bits per heavy atom. The minimum Gasteiger partial charge on any atom is -0.497 e. The average molecular weight is 426 g/mol. The summed E-state index contributed by atoms with van der Waals surface area (Å²) in [7, 11) is -1.57. The summed E-state index contributed by atoms with van der Waals surface area (Å²) in [5.41, 5.74) is 1.85. The van der Waals surface area contributed by atoms with Crippen molar-refractivity contribution in [1.82, 2.24) is 10.1 Å². The first-order chi connectivity index (χ1) is 14.4. The van der Waals surface area contributed by atoms with E-state index in [2.05, 4.69) is 5.16 Å². The van der Waals surface area contributed by atoms with E-state index in [1.165, 1.54) is 0 Å². The smallest absolute Gasteiger partial charge is 0.276 e. The molecule has 156 valence electrons. The van der Waals surface area contributed by atoms with Gasteiger partial charge in [-0.1, -0.05) is 47.6 Å². The van der Waals surface area contributed by atoms with Gasteiger partial charge in [0.15, 0.2) is 21.3 Å². The Kier molecular flexibility index (Phi) is 5.59. The number of sulfone groups is 1. The van der Waals surface area contributed by atoms with Crippen LogP contribution in [0.1, 0.15) is 22.5 Å². The lowest BCUT2D eigenvalue weighted by Crippen LogP contribution is -2.40. The van der Waals surface area contributed by atoms with Crippen LogP contribution in [0.3, 0.4) is 0 Å². The zero-order chi connectivity index (χ0) is 21.1. The molecular weight excluding hydrogens is 404 g/mol. The van der Waals surface area contributed by atoms with Gasteiger partial charge < -0.3 is 14.2 Å². The van der Waals surface area contributed by atoms with E-state index >= 15 is 0 Å². The van der Waals surface area contributed by atoms with Crippen LogP contribution in [0.2, 0.25) is 0 Å². The van der Waals surface area contributed by atoms with Gasteiger partial charge in [0.1, 0.15) is 5.75 Å². The fourth-order valence-corrected chi connectivity index (χ4v) is 5.31. The van der Waals surface area contributed by atoms with Crippen LogP contribution in [0.4, 0.5) is 0 Å². The molecule has 1 aromatic heterocycles. The van der Waals surface area contributed by atoms with Crippen LogP contribution >= 0.6 is 0 Å². The number of carbonyl (C=O) groups is 1. The minimum absolute atomic E-state index is 0.0434. The van der Waals surface area contributed by atoms with Crippen LogP contribution in [-0.2, 0) is 16.4 Å². The van der Waals surface area contributed by atoms with Gasteiger partial charge in [-0.2, -0.15) is 0 Å². The highest BCUT2D eigenvalue weighted by molar-refractivity contribution is 7.91. The van der Waals surface area contributed by atoms with Gasteiger partial charge in [0, 0.05) is 24.2 Å². The van der Waals surface area contributed by atoms with Crippen LogP contribution in [0.25, 0.3) is 11.3 Å². The lowest BCUT2D eigenvalue weighted by Gasteiger charge is -2.27. The summed E-state index contributed by atoms with van der Waals surface area (Å²) >= 11 is 0. The first-order valence-electron chi connectivity index (χ1n) is 9.61. The molecule has 4 rings (SSSR count). The SMILES string of the molecule is COc1ccc(CN(C(=O)c2cc(-c3ccccc3)on2)[C@H]2CCS(=O)(=O)C2)cc1. The highest BCUT2D eigenvalue weighted by Crippen LogP contribution is 2.25. The van der Waals surface area contributed by atoms with E-state index in [0.29, 0.717) is 17.9 Å². The normalized spacial score (nSPS) is 17.6. The van der Waals surface area contributed by atoms with Crippen LogP contribution in [0, 0.1) is 0 Å². The molecule has 0 aliphatic carbocycles. The van der Waals surface area contributed by atoms with Crippen LogP contribution in [0.15, 0.2) is 65.2 Å². The van der Waals surface area contributed by atoms with Crippen molar-refractivity contribution in [3.05, 3.63) is 71.9 Å². The predicted octanol–water partition coefficient (Wildman–Crippen LogP) is 3.18. The van der Waals surface area contributed by atoms with Gasteiger partial charge in [-0.25, -0.2) is 8.42 Å². The van der Waals surface area contributed by atoms with Crippen LogP contribution in [0.5, 0.6) is 5.75 Å². The number of hydrogen-bond donors (Lipinski definition) is 0. The summed E-state index contributed by atoms with van der Waals surface area (Å²) in [5, 5.41) is 3.95. The van der Waals surface area contributed by atoms with Crippen molar-refractivity contribution in [2.75, 3.05) is 18.6 Å². The largest absolute Gasteiger partial charge is 0.497 e. The van der Waals surface area contributed by atoms with E-state index in [-0.39, 0.29) is 29.7 Å². The van der Waals surface area contributed by atoms with Gasteiger partial charge in [-0.05, 0) is 24.1 Å². The number of aromatic nitrogens is 1. The zero-order valence-corrected chi connectivity index (χ0v) is 17.3. The number of ether oxygens (including phenoxy) is 1. The number of hydrogen-bond acceptors (Lipinski definition) is 6. The van der Waals surface area contributed by atoms with E-state index < -0.39 is 15.9 Å². The molecule has 3 aromatic rings. The summed E-state index contributed by atoms with van der Waals surface area (Å²) in [6.45, 7) is 0.274. The van der Waals surface area contributed by atoms with Gasteiger partial charge in [0.25, 0.3) is 5.91 Å². The summed E-state index contributed by atoms with van der Waals surface area (Å²) in [4.78, 5) is 14.9. The highest BCUT2D eigenvalue weighted by Gasteiger charge is 2.36. The maximum atomic E-state index is 13.3. The number of benzene rings is 2. The molecule has 2 aromatic carbocycles. The van der Waals surface area contributed by atoms with Gasteiger partial charge in [-0.15, -0.1) is 0 Å². The Balaban J connectivity index is 1.61. The molecule has 2 heterocycles. The average Bonchev–Trinajstić information content (AvgIpc) is 3.39. The van der Waals surface area contributed by atoms with Crippen LogP contribution < -0.4 is 4.74 Å². The first-order valence-corrected chi connectivity index (χ1v) is 11.4. The number of methoxy groups -OCH3 is 1. The third kappa shape index (κ3) is 4.38. The molecule has 1 atom stereocenters. The Bertz CT molecular complexity index is 1120. The number of carbonyl (C=O) groups excluding carboxylic acids is 1. The van der Waals surface area contributed by atoms with Crippen molar-refractivity contribution in [1.29, 1.82) is 0 Å². The van der Waals surface area contributed by atoms with Crippen molar-refractivity contribution < 1.29 is 22.5 Å². The molecule has 0 spiro atoms. The fraction of sp³-hybridized carbons (Fsp3) is 0.273. The second kappa shape index (κ2) is 8.31. The second-order valence-corrected chi connectivity index (χ2v) is 9.51. The Morgan fingerprint density at radius 3 is 2.53 bits per heavy atom. The van der Waals surface area contributed by atoms with E-state index in [4.69, 9.17) is 9.26 Å². The second-order valence-electron chi connectivity index (χ2n) is 7.28. The lowest BCUT2D eigenvalue weighted by atomic mass is 10.1. The molecule has 1 amide bonds. The van der Waals surface area contributed by atoms with Gasteiger partial charge in [0.05, 0.1) is 18.6 Å². The van der Waals surface area contributed by atoms with Crippen molar-refractivity contribution in [3.63, 3.8) is 0 Å². The van der Waals surface area contributed by atoms with Gasteiger partial charge in [-0.3, -0.25) is 4.79 Å². The van der Waals surface area contributed by atoms with E-state index in [9.17, 15) is 13.2 Å². The molecule has 0 N–H and O–H groups in total. The number of rotatable bonds is 6. The van der Waals surface area contributed by atoms with Crippen molar-refractivity contribution in [3.8, 4) is 17.1 Å². The highest BCUT2D eigenvalue weighted by atomic mass is 32.2. The molecule has 1 aliphatic heterocycles. The van der Waals surface area contributed by atoms with Crippen LogP contribution in [-0.4, -0.2) is 49.0 Å². The topological polar surface area (TPSA) is 89.7 Å². The summed E-state index contributed by atoms with van der Waals surface area (Å²) < 4.78 is 34.6. The number of nitrogens with zero attached hydrogens (tertiary/aromatic N) is 2. The third-order valence-electron chi connectivity index (χ3n) is 5.21. The maximum absolute atomic E-state index is 13.3. The standard InChI is InChI=1S/C22H22N2O5S/c1-28-19-9-7-16(8-10-19)14-24(18-11-12-30(26,27)15-18)22(25)20-13-21(29-23-20)17-5-3-2-4-6-17/h2-10,13,18H,11-12,14-15H2,1H3/t18-/m0/s1. The quantitative estimate of drug-likeness (QED) is 0.601. The summed E-state index contributed by atoms with van der Waals surface area (Å²) in [5.74, 6) is 0.890. The third-order valence-corrected chi connectivity index (χ3v) is 6.96. The molecule has 30 heavy (non-hydrogen) atoms.